The maximum atomic E-state index is 4.62. The molecule has 3 nitrogen and oxygen atoms in total. The Morgan fingerprint density at radius 1 is 1.06 bits per heavy atom. The first kappa shape index (κ1) is 12.6. The van der Waals surface area contributed by atoms with Crippen LogP contribution >= 0.6 is 0 Å². The van der Waals surface area contributed by atoms with Gasteiger partial charge in [-0.2, -0.15) is 0 Å². The largest absolute Gasteiger partial charge is 0.373 e. The van der Waals surface area contributed by atoms with Gasteiger partial charge in [0.05, 0.1) is 0 Å². The molecule has 1 heterocycles. The van der Waals surface area contributed by atoms with Gasteiger partial charge in [-0.1, -0.05) is 44.2 Å². The standard InChI is InChI=1S/C15H19N3/c1-10(2)13-11(3)17-14(18-15(13)16-4)12-8-6-5-7-9-12/h5-10H,1-4H3,(H,16,17,18). The second-order valence-corrected chi connectivity index (χ2v) is 4.67. The van der Waals surface area contributed by atoms with Gasteiger partial charge in [0.1, 0.15) is 5.82 Å². The molecule has 94 valence electrons. The number of benzene rings is 1. The van der Waals surface area contributed by atoms with Crippen molar-refractivity contribution >= 4 is 5.82 Å². The van der Waals surface area contributed by atoms with Crippen LogP contribution in [-0.2, 0) is 0 Å². The fourth-order valence-electron chi connectivity index (χ4n) is 2.18. The smallest absolute Gasteiger partial charge is 0.161 e. The molecule has 0 atom stereocenters. The normalized spacial score (nSPS) is 10.7. The molecule has 2 rings (SSSR count). The number of nitrogens with one attached hydrogen (secondary N) is 1. The lowest BCUT2D eigenvalue weighted by Crippen LogP contribution is -2.06. The van der Waals surface area contributed by atoms with Crippen molar-refractivity contribution in [3.05, 3.63) is 41.6 Å². The SMILES string of the molecule is CNc1nc(-c2ccccc2)nc(C)c1C(C)C. The van der Waals surface area contributed by atoms with E-state index in [1.54, 1.807) is 0 Å². The van der Waals surface area contributed by atoms with Crippen LogP contribution in [0.25, 0.3) is 11.4 Å². The molecule has 0 bridgehead atoms. The van der Waals surface area contributed by atoms with Crippen molar-refractivity contribution in [2.45, 2.75) is 26.7 Å². The minimum absolute atomic E-state index is 0.414. The van der Waals surface area contributed by atoms with Crippen LogP contribution in [0, 0.1) is 6.92 Å². The molecule has 0 unspecified atom stereocenters. The van der Waals surface area contributed by atoms with E-state index >= 15 is 0 Å². The van der Waals surface area contributed by atoms with Gasteiger partial charge in [-0.25, -0.2) is 9.97 Å². The number of nitrogens with zero attached hydrogens (tertiary/aromatic N) is 2. The van der Waals surface area contributed by atoms with E-state index in [0.29, 0.717) is 5.92 Å². The predicted octanol–water partition coefficient (Wildman–Crippen LogP) is 3.62. The zero-order chi connectivity index (χ0) is 13.1. The maximum Gasteiger partial charge on any atom is 0.161 e. The van der Waals surface area contributed by atoms with Gasteiger partial charge >= 0.3 is 0 Å². The summed E-state index contributed by atoms with van der Waals surface area (Å²) in [6, 6.07) is 10.1. The summed E-state index contributed by atoms with van der Waals surface area (Å²) >= 11 is 0. The summed E-state index contributed by atoms with van der Waals surface area (Å²) in [5.41, 5.74) is 3.28. The molecule has 2 aromatic rings. The third-order valence-corrected chi connectivity index (χ3v) is 2.98. The number of aryl methyl sites for hydroxylation is 1. The van der Waals surface area contributed by atoms with Gasteiger partial charge in [0, 0.05) is 23.9 Å². The molecule has 0 spiro atoms. The van der Waals surface area contributed by atoms with Gasteiger partial charge < -0.3 is 5.32 Å². The Kier molecular flexibility index (Phi) is 3.60. The first-order chi connectivity index (χ1) is 8.63. The van der Waals surface area contributed by atoms with E-state index in [-0.39, 0.29) is 0 Å². The summed E-state index contributed by atoms with van der Waals surface area (Å²) in [5, 5.41) is 3.18. The Morgan fingerprint density at radius 3 is 2.28 bits per heavy atom. The Hall–Kier alpha value is -1.90. The zero-order valence-corrected chi connectivity index (χ0v) is 11.4. The predicted molar refractivity (Wildman–Crippen MR) is 75.8 cm³/mol. The van der Waals surface area contributed by atoms with Gasteiger partial charge in [0.25, 0.3) is 0 Å². The Labute approximate surface area is 108 Å². The minimum atomic E-state index is 0.414. The van der Waals surface area contributed by atoms with Crippen LogP contribution in [0.5, 0.6) is 0 Å². The van der Waals surface area contributed by atoms with Crippen LogP contribution in [-0.4, -0.2) is 17.0 Å². The first-order valence-corrected chi connectivity index (χ1v) is 6.25. The van der Waals surface area contributed by atoms with Gasteiger partial charge in [0.15, 0.2) is 5.82 Å². The highest BCUT2D eigenvalue weighted by Gasteiger charge is 2.14. The molecule has 3 heteroatoms. The average molecular weight is 241 g/mol. The fourth-order valence-corrected chi connectivity index (χ4v) is 2.18. The molecule has 0 aliphatic carbocycles. The molecule has 0 saturated heterocycles. The zero-order valence-electron chi connectivity index (χ0n) is 11.4. The number of hydrogen-bond acceptors (Lipinski definition) is 3. The van der Waals surface area contributed by atoms with Crippen molar-refractivity contribution in [1.29, 1.82) is 0 Å². The first-order valence-electron chi connectivity index (χ1n) is 6.25. The fraction of sp³-hybridized carbons (Fsp3) is 0.333. The minimum Gasteiger partial charge on any atom is -0.373 e. The van der Waals surface area contributed by atoms with Crippen molar-refractivity contribution in [1.82, 2.24) is 9.97 Å². The molecule has 0 aliphatic rings. The molecule has 0 radical (unpaired) electrons. The number of hydrogen-bond donors (Lipinski definition) is 1. The van der Waals surface area contributed by atoms with Crippen molar-refractivity contribution < 1.29 is 0 Å². The van der Waals surface area contributed by atoms with Gasteiger partial charge in [-0.3, -0.25) is 0 Å². The highest BCUT2D eigenvalue weighted by Crippen LogP contribution is 2.27. The van der Waals surface area contributed by atoms with E-state index in [4.69, 9.17) is 0 Å². The highest BCUT2D eigenvalue weighted by molar-refractivity contribution is 5.60. The highest BCUT2D eigenvalue weighted by atomic mass is 15.0. The molecule has 0 amide bonds. The Bertz CT molecular complexity index is 533. The van der Waals surface area contributed by atoms with Crippen LogP contribution in [0.4, 0.5) is 5.82 Å². The quantitative estimate of drug-likeness (QED) is 0.892. The summed E-state index contributed by atoms with van der Waals surface area (Å²) in [6.45, 7) is 6.37. The van der Waals surface area contributed by atoms with Crippen LogP contribution in [0.15, 0.2) is 30.3 Å². The van der Waals surface area contributed by atoms with E-state index in [9.17, 15) is 0 Å². The Morgan fingerprint density at radius 2 is 1.72 bits per heavy atom. The summed E-state index contributed by atoms with van der Waals surface area (Å²) in [7, 11) is 1.91. The lowest BCUT2D eigenvalue weighted by molar-refractivity contribution is 0.833. The van der Waals surface area contributed by atoms with Crippen LogP contribution in [0.3, 0.4) is 0 Å². The van der Waals surface area contributed by atoms with Crippen molar-refractivity contribution in [3.63, 3.8) is 0 Å². The molecule has 1 aromatic carbocycles. The lowest BCUT2D eigenvalue weighted by atomic mass is 10.0. The van der Waals surface area contributed by atoms with E-state index in [2.05, 4.69) is 29.1 Å². The number of rotatable bonds is 3. The van der Waals surface area contributed by atoms with Gasteiger partial charge in [-0.05, 0) is 12.8 Å². The topological polar surface area (TPSA) is 37.8 Å². The second kappa shape index (κ2) is 5.17. The summed E-state index contributed by atoms with van der Waals surface area (Å²) in [6.07, 6.45) is 0. The molecule has 0 saturated carbocycles. The monoisotopic (exact) mass is 241 g/mol. The van der Waals surface area contributed by atoms with E-state index in [1.165, 1.54) is 5.56 Å². The maximum absolute atomic E-state index is 4.62. The average Bonchev–Trinajstić information content (AvgIpc) is 2.38. The molecule has 1 aromatic heterocycles. The number of aromatic nitrogens is 2. The van der Waals surface area contributed by atoms with Crippen LogP contribution < -0.4 is 5.32 Å². The third kappa shape index (κ3) is 2.35. The van der Waals surface area contributed by atoms with Gasteiger partial charge in [0.2, 0.25) is 0 Å². The van der Waals surface area contributed by atoms with E-state index < -0.39 is 0 Å². The third-order valence-electron chi connectivity index (χ3n) is 2.98. The van der Waals surface area contributed by atoms with Gasteiger partial charge in [-0.15, -0.1) is 0 Å². The van der Waals surface area contributed by atoms with Crippen LogP contribution in [0.2, 0.25) is 0 Å². The van der Waals surface area contributed by atoms with E-state index in [1.807, 2.05) is 44.3 Å². The van der Waals surface area contributed by atoms with E-state index in [0.717, 1.165) is 22.9 Å². The van der Waals surface area contributed by atoms with Crippen molar-refractivity contribution in [2.75, 3.05) is 12.4 Å². The summed E-state index contributed by atoms with van der Waals surface area (Å²) in [5.74, 6) is 2.12. The van der Waals surface area contributed by atoms with Crippen molar-refractivity contribution in [2.24, 2.45) is 0 Å². The Balaban J connectivity index is 2.56. The second-order valence-electron chi connectivity index (χ2n) is 4.67. The number of anilines is 1. The summed E-state index contributed by atoms with van der Waals surface area (Å²) in [4.78, 5) is 9.24. The molecular weight excluding hydrogens is 222 g/mol. The molecule has 18 heavy (non-hydrogen) atoms. The summed E-state index contributed by atoms with van der Waals surface area (Å²) < 4.78 is 0. The molecular formula is C15H19N3. The van der Waals surface area contributed by atoms with Crippen LogP contribution in [0.1, 0.15) is 31.0 Å². The molecule has 1 N–H and O–H groups in total. The van der Waals surface area contributed by atoms with Crippen molar-refractivity contribution in [3.8, 4) is 11.4 Å². The lowest BCUT2D eigenvalue weighted by Gasteiger charge is -2.15. The molecule has 0 aliphatic heterocycles. The molecule has 0 fully saturated rings.